The van der Waals surface area contributed by atoms with Crippen molar-refractivity contribution in [2.75, 3.05) is 19.0 Å². The lowest BCUT2D eigenvalue weighted by molar-refractivity contribution is -0.118. The lowest BCUT2D eigenvalue weighted by atomic mass is 10.2. The van der Waals surface area contributed by atoms with Crippen molar-refractivity contribution in [3.05, 3.63) is 53.1 Å². The molecule has 2 N–H and O–H groups in total. The van der Waals surface area contributed by atoms with Crippen molar-refractivity contribution in [2.24, 2.45) is 0 Å². The van der Waals surface area contributed by atoms with Gasteiger partial charge in [0.1, 0.15) is 0 Å². The van der Waals surface area contributed by atoms with E-state index in [-0.39, 0.29) is 17.9 Å². The zero-order valence-electron chi connectivity index (χ0n) is 12.2. The average Bonchev–Trinajstić information content (AvgIpc) is 2.53. The number of rotatable bonds is 6. The van der Waals surface area contributed by atoms with Crippen molar-refractivity contribution in [3.8, 4) is 11.5 Å². The topological polar surface area (TPSA) is 84.9 Å². The number of hydrogen-bond donors (Lipinski definition) is 2. The molecule has 0 unspecified atom stereocenters. The van der Waals surface area contributed by atoms with Gasteiger partial charge < -0.3 is 19.9 Å². The van der Waals surface area contributed by atoms with Gasteiger partial charge in [-0.15, -0.1) is 0 Å². The van der Waals surface area contributed by atoms with Gasteiger partial charge in [0.15, 0.2) is 18.1 Å². The molecule has 0 aliphatic heterocycles. The first kappa shape index (κ1) is 16.6. The van der Waals surface area contributed by atoms with E-state index in [9.17, 15) is 9.59 Å². The van der Waals surface area contributed by atoms with Crippen LogP contribution in [0.4, 0.5) is 5.69 Å². The van der Waals surface area contributed by atoms with Gasteiger partial charge in [-0.2, -0.15) is 0 Å². The van der Waals surface area contributed by atoms with Crippen molar-refractivity contribution < 1.29 is 24.2 Å². The molecular weight excluding hydrogens is 322 g/mol. The lowest BCUT2D eigenvalue weighted by Gasteiger charge is -2.12. The normalized spacial score (nSPS) is 10.0. The van der Waals surface area contributed by atoms with Gasteiger partial charge in [-0.05, 0) is 30.3 Å². The summed E-state index contributed by atoms with van der Waals surface area (Å²) in [5.41, 5.74) is 0.0543. The Morgan fingerprint density at radius 3 is 2.52 bits per heavy atom. The van der Waals surface area contributed by atoms with Crippen molar-refractivity contribution in [2.45, 2.75) is 0 Å². The summed E-state index contributed by atoms with van der Waals surface area (Å²) in [4.78, 5) is 23.1. The highest BCUT2D eigenvalue weighted by Crippen LogP contribution is 2.26. The van der Waals surface area contributed by atoms with Crippen LogP contribution in [-0.4, -0.2) is 30.7 Å². The number of para-hydroxylation sites is 2. The van der Waals surface area contributed by atoms with Crippen LogP contribution in [0.25, 0.3) is 0 Å². The molecule has 2 rings (SSSR count). The molecule has 120 valence electrons. The number of carbonyl (C=O) groups excluding carboxylic acids is 1. The van der Waals surface area contributed by atoms with Crippen LogP contribution in [0.2, 0.25) is 5.02 Å². The molecule has 0 fully saturated rings. The van der Waals surface area contributed by atoms with Crippen LogP contribution in [0.5, 0.6) is 11.5 Å². The van der Waals surface area contributed by atoms with Gasteiger partial charge in [0, 0.05) is 5.02 Å². The van der Waals surface area contributed by atoms with E-state index in [0.717, 1.165) is 0 Å². The van der Waals surface area contributed by atoms with Crippen molar-refractivity contribution >= 4 is 29.2 Å². The highest BCUT2D eigenvalue weighted by Gasteiger charge is 2.14. The third kappa shape index (κ3) is 4.37. The zero-order valence-corrected chi connectivity index (χ0v) is 13.0. The van der Waals surface area contributed by atoms with Crippen LogP contribution >= 0.6 is 11.6 Å². The number of nitrogens with one attached hydrogen (secondary N) is 1. The van der Waals surface area contributed by atoms with E-state index in [1.165, 1.54) is 25.3 Å². The number of halogens is 1. The van der Waals surface area contributed by atoms with Crippen molar-refractivity contribution in [1.82, 2.24) is 0 Å². The van der Waals surface area contributed by atoms with Gasteiger partial charge in [-0.25, -0.2) is 4.79 Å². The average molecular weight is 336 g/mol. The third-order valence-corrected chi connectivity index (χ3v) is 3.15. The number of carboxylic acid groups (broad SMARTS) is 1. The summed E-state index contributed by atoms with van der Waals surface area (Å²) in [5.74, 6) is -0.771. The molecule has 0 aromatic heterocycles. The molecule has 0 heterocycles. The smallest absolute Gasteiger partial charge is 0.337 e. The van der Waals surface area contributed by atoms with E-state index in [1.807, 2.05) is 0 Å². The maximum absolute atomic E-state index is 12.0. The van der Waals surface area contributed by atoms with Crippen LogP contribution in [0, 0.1) is 0 Å². The van der Waals surface area contributed by atoms with Gasteiger partial charge in [0.05, 0.1) is 18.4 Å². The summed E-state index contributed by atoms with van der Waals surface area (Å²) >= 11 is 5.83. The summed E-state index contributed by atoms with van der Waals surface area (Å²) in [6, 6.07) is 11.0. The molecule has 1 amide bonds. The summed E-state index contributed by atoms with van der Waals surface area (Å²) in [6.07, 6.45) is 0. The van der Waals surface area contributed by atoms with Gasteiger partial charge in [-0.3, -0.25) is 4.79 Å². The van der Waals surface area contributed by atoms with E-state index < -0.39 is 11.9 Å². The second-order valence-corrected chi connectivity index (χ2v) is 4.92. The highest BCUT2D eigenvalue weighted by atomic mass is 35.5. The summed E-state index contributed by atoms with van der Waals surface area (Å²) in [6.45, 7) is -0.300. The van der Waals surface area contributed by atoms with Crippen LogP contribution in [0.1, 0.15) is 10.4 Å². The van der Waals surface area contributed by atoms with E-state index in [1.54, 1.807) is 24.3 Å². The minimum atomic E-state index is -1.16. The number of amides is 1. The molecule has 2 aromatic rings. The van der Waals surface area contributed by atoms with Crippen LogP contribution in [-0.2, 0) is 4.79 Å². The number of anilines is 1. The zero-order chi connectivity index (χ0) is 16.8. The minimum absolute atomic E-state index is 0.0555. The number of aromatic carboxylic acids is 1. The fourth-order valence-electron chi connectivity index (χ4n) is 1.87. The Morgan fingerprint density at radius 1 is 1.17 bits per heavy atom. The predicted octanol–water partition coefficient (Wildman–Crippen LogP) is 3.06. The molecule has 0 aliphatic carbocycles. The van der Waals surface area contributed by atoms with Crippen LogP contribution < -0.4 is 14.8 Å². The van der Waals surface area contributed by atoms with Gasteiger partial charge >= 0.3 is 5.97 Å². The summed E-state index contributed by atoms with van der Waals surface area (Å²) in [7, 11) is 1.49. The van der Waals surface area contributed by atoms with E-state index in [0.29, 0.717) is 16.5 Å². The van der Waals surface area contributed by atoms with Gasteiger partial charge in [-0.1, -0.05) is 23.7 Å². The minimum Gasteiger partial charge on any atom is -0.493 e. The van der Waals surface area contributed by atoms with Crippen molar-refractivity contribution in [3.63, 3.8) is 0 Å². The molecule has 0 atom stereocenters. The van der Waals surface area contributed by atoms with E-state index in [4.69, 9.17) is 26.2 Å². The molecule has 2 aromatic carbocycles. The molecule has 0 saturated heterocycles. The standard InChI is InChI=1S/C16H14ClNO5/c1-22-13-4-2-3-5-14(13)23-9-15(19)18-12-8-10(17)6-7-11(12)16(20)21/h2-8H,9H2,1H3,(H,18,19)(H,20,21). The number of carbonyl (C=O) groups is 2. The molecule has 0 aliphatic rings. The first-order valence-corrected chi connectivity index (χ1v) is 6.97. The molecular formula is C16H14ClNO5. The molecule has 0 bridgehead atoms. The maximum Gasteiger partial charge on any atom is 0.337 e. The predicted molar refractivity (Wildman–Crippen MR) is 85.5 cm³/mol. The monoisotopic (exact) mass is 335 g/mol. The number of benzene rings is 2. The Labute approximate surface area is 137 Å². The van der Waals surface area contributed by atoms with Crippen LogP contribution in [0.3, 0.4) is 0 Å². The first-order chi connectivity index (χ1) is 11.0. The first-order valence-electron chi connectivity index (χ1n) is 6.59. The third-order valence-electron chi connectivity index (χ3n) is 2.91. The van der Waals surface area contributed by atoms with Gasteiger partial charge in [0.2, 0.25) is 0 Å². The quantitative estimate of drug-likeness (QED) is 0.847. The molecule has 7 heteroatoms. The fraction of sp³-hybridized carbons (Fsp3) is 0.125. The Bertz CT molecular complexity index is 732. The Balaban J connectivity index is 2.05. The molecule has 0 saturated carbocycles. The Hall–Kier alpha value is -2.73. The maximum atomic E-state index is 12.0. The molecule has 23 heavy (non-hydrogen) atoms. The summed E-state index contributed by atoms with van der Waals surface area (Å²) < 4.78 is 10.5. The highest BCUT2D eigenvalue weighted by molar-refractivity contribution is 6.31. The van der Waals surface area contributed by atoms with Gasteiger partial charge in [0.25, 0.3) is 5.91 Å². The number of hydrogen-bond acceptors (Lipinski definition) is 4. The number of carboxylic acids is 1. The Kier molecular flexibility index (Phi) is 5.43. The molecule has 0 radical (unpaired) electrons. The second kappa shape index (κ2) is 7.51. The molecule has 6 nitrogen and oxygen atoms in total. The second-order valence-electron chi connectivity index (χ2n) is 4.48. The fourth-order valence-corrected chi connectivity index (χ4v) is 2.05. The number of methoxy groups -OCH3 is 1. The van der Waals surface area contributed by atoms with E-state index >= 15 is 0 Å². The van der Waals surface area contributed by atoms with E-state index in [2.05, 4.69) is 5.32 Å². The Morgan fingerprint density at radius 2 is 1.87 bits per heavy atom. The number of ether oxygens (including phenoxy) is 2. The van der Waals surface area contributed by atoms with Crippen LogP contribution in [0.15, 0.2) is 42.5 Å². The summed E-state index contributed by atoms with van der Waals surface area (Å²) in [5, 5.41) is 11.9. The largest absolute Gasteiger partial charge is 0.493 e. The van der Waals surface area contributed by atoms with Crippen molar-refractivity contribution in [1.29, 1.82) is 0 Å². The SMILES string of the molecule is COc1ccccc1OCC(=O)Nc1cc(Cl)ccc1C(=O)O. The molecule has 0 spiro atoms. The lowest BCUT2D eigenvalue weighted by Crippen LogP contribution is -2.21.